The SMILES string of the molecule is OC(C1=CCCCO1)c1c(Cl)cccc1Cl. The molecule has 1 aliphatic heterocycles. The molecule has 1 aliphatic rings. The summed E-state index contributed by atoms with van der Waals surface area (Å²) in [7, 11) is 0. The molecule has 0 radical (unpaired) electrons. The predicted octanol–water partition coefficient (Wildman–Crippen LogP) is 3.72. The van der Waals surface area contributed by atoms with E-state index < -0.39 is 6.10 Å². The van der Waals surface area contributed by atoms with Crippen molar-refractivity contribution < 1.29 is 9.84 Å². The second-order valence-electron chi connectivity index (χ2n) is 3.64. The van der Waals surface area contributed by atoms with Crippen LogP contribution < -0.4 is 0 Å². The summed E-state index contributed by atoms with van der Waals surface area (Å²) >= 11 is 12.0. The molecule has 0 fully saturated rings. The zero-order valence-corrected chi connectivity index (χ0v) is 10.1. The number of allylic oxidation sites excluding steroid dienone is 1. The number of aliphatic hydroxyl groups excluding tert-OH is 1. The van der Waals surface area contributed by atoms with Crippen LogP contribution in [0.2, 0.25) is 10.0 Å². The molecule has 0 amide bonds. The fourth-order valence-corrected chi connectivity index (χ4v) is 2.29. The van der Waals surface area contributed by atoms with Crippen LogP contribution in [0, 0.1) is 0 Å². The van der Waals surface area contributed by atoms with E-state index in [0.717, 1.165) is 12.8 Å². The number of rotatable bonds is 2. The maximum atomic E-state index is 10.1. The Bertz CT molecular complexity index is 395. The van der Waals surface area contributed by atoms with Gasteiger partial charge in [-0.1, -0.05) is 29.3 Å². The lowest BCUT2D eigenvalue weighted by atomic mass is 10.1. The summed E-state index contributed by atoms with van der Waals surface area (Å²) in [5.74, 6) is 0.543. The molecule has 2 rings (SSSR count). The van der Waals surface area contributed by atoms with Crippen molar-refractivity contribution in [1.82, 2.24) is 0 Å². The molecule has 0 bridgehead atoms. The summed E-state index contributed by atoms with van der Waals surface area (Å²) in [6, 6.07) is 5.15. The van der Waals surface area contributed by atoms with E-state index in [-0.39, 0.29) is 0 Å². The van der Waals surface area contributed by atoms with E-state index in [9.17, 15) is 5.11 Å². The lowest BCUT2D eigenvalue weighted by Crippen LogP contribution is -2.10. The van der Waals surface area contributed by atoms with Crippen molar-refractivity contribution in [2.75, 3.05) is 6.61 Å². The largest absolute Gasteiger partial charge is 0.495 e. The van der Waals surface area contributed by atoms with Crippen LogP contribution in [0.15, 0.2) is 30.0 Å². The van der Waals surface area contributed by atoms with Crippen molar-refractivity contribution >= 4 is 23.2 Å². The molecule has 1 aromatic carbocycles. The van der Waals surface area contributed by atoms with Crippen LogP contribution in [0.3, 0.4) is 0 Å². The molecule has 0 saturated heterocycles. The summed E-state index contributed by atoms with van der Waals surface area (Å²) in [6.45, 7) is 0.630. The van der Waals surface area contributed by atoms with Gasteiger partial charge in [-0.05, 0) is 31.1 Å². The van der Waals surface area contributed by atoms with Gasteiger partial charge in [0.25, 0.3) is 0 Å². The minimum atomic E-state index is -0.874. The van der Waals surface area contributed by atoms with Crippen molar-refractivity contribution in [3.05, 3.63) is 45.6 Å². The van der Waals surface area contributed by atoms with Crippen LogP contribution in [0.1, 0.15) is 24.5 Å². The minimum Gasteiger partial charge on any atom is -0.495 e. The van der Waals surface area contributed by atoms with Gasteiger partial charge in [-0.15, -0.1) is 0 Å². The molecule has 4 heteroatoms. The van der Waals surface area contributed by atoms with Crippen molar-refractivity contribution in [3.8, 4) is 0 Å². The lowest BCUT2D eigenvalue weighted by Gasteiger charge is -2.21. The van der Waals surface area contributed by atoms with Crippen LogP contribution in [0.4, 0.5) is 0 Å². The lowest BCUT2D eigenvalue weighted by molar-refractivity contribution is 0.0919. The van der Waals surface area contributed by atoms with Gasteiger partial charge in [-0.25, -0.2) is 0 Å². The van der Waals surface area contributed by atoms with E-state index in [4.69, 9.17) is 27.9 Å². The first-order valence-corrected chi connectivity index (χ1v) is 5.90. The number of aliphatic hydroxyl groups is 1. The number of hydrogen-bond donors (Lipinski definition) is 1. The standard InChI is InChI=1S/C12H12Cl2O2/c13-8-4-3-5-9(14)11(8)12(15)10-6-1-2-7-16-10/h3-6,12,15H,1-2,7H2. The Morgan fingerprint density at radius 2 is 1.94 bits per heavy atom. The third kappa shape index (κ3) is 2.34. The van der Waals surface area contributed by atoms with E-state index >= 15 is 0 Å². The maximum absolute atomic E-state index is 10.1. The Kier molecular flexibility index (Phi) is 3.74. The Morgan fingerprint density at radius 1 is 1.25 bits per heavy atom. The minimum absolute atomic E-state index is 0.454. The summed E-state index contributed by atoms with van der Waals surface area (Å²) in [6.07, 6.45) is 2.90. The first-order chi connectivity index (χ1) is 7.70. The number of ether oxygens (including phenoxy) is 1. The van der Waals surface area contributed by atoms with Gasteiger partial charge in [-0.2, -0.15) is 0 Å². The Morgan fingerprint density at radius 3 is 2.50 bits per heavy atom. The van der Waals surface area contributed by atoms with E-state index in [1.165, 1.54) is 0 Å². The zero-order valence-electron chi connectivity index (χ0n) is 8.62. The topological polar surface area (TPSA) is 29.5 Å². The smallest absolute Gasteiger partial charge is 0.139 e. The zero-order chi connectivity index (χ0) is 11.5. The Balaban J connectivity index is 2.33. The van der Waals surface area contributed by atoms with Gasteiger partial charge in [0.05, 0.1) is 6.61 Å². The summed E-state index contributed by atoms with van der Waals surface area (Å²) < 4.78 is 5.40. The maximum Gasteiger partial charge on any atom is 0.139 e. The molecule has 1 N–H and O–H groups in total. The number of halogens is 2. The van der Waals surface area contributed by atoms with E-state index in [2.05, 4.69) is 0 Å². The summed E-state index contributed by atoms with van der Waals surface area (Å²) in [4.78, 5) is 0. The molecule has 0 saturated carbocycles. The molecule has 1 unspecified atom stereocenters. The number of benzene rings is 1. The van der Waals surface area contributed by atoms with Gasteiger partial charge in [0.15, 0.2) is 0 Å². The normalized spacial score (nSPS) is 17.6. The quantitative estimate of drug-likeness (QED) is 0.877. The van der Waals surface area contributed by atoms with Crippen LogP contribution in [0.25, 0.3) is 0 Å². The molecule has 16 heavy (non-hydrogen) atoms. The fourth-order valence-electron chi connectivity index (χ4n) is 1.68. The van der Waals surface area contributed by atoms with Crippen molar-refractivity contribution in [2.24, 2.45) is 0 Å². The molecule has 0 spiro atoms. The third-order valence-corrected chi connectivity index (χ3v) is 3.16. The molecule has 1 aromatic rings. The predicted molar refractivity (Wildman–Crippen MR) is 64.7 cm³/mol. The Labute approximate surface area is 104 Å². The van der Waals surface area contributed by atoms with Gasteiger partial charge >= 0.3 is 0 Å². The highest BCUT2D eigenvalue weighted by Crippen LogP contribution is 2.35. The van der Waals surface area contributed by atoms with Crippen molar-refractivity contribution in [2.45, 2.75) is 18.9 Å². The molecule has 1 atom stereocenters. The molecule has 86 valence electrons. The van der Waals surface area contributed by atoms with Crippen LogP contribution in [0.5, 0.6) is 0 Å². The summed E-state index contributed by atoms with van der Waals surface area (Å²) in [5.41, 5.74) is 0.513. The first kappa shape index (κ1) is 11.8. The first-order valence-electron chi connectivity index (χ1n) is 5.15. The van der Waals surface area contributed by atoms with Crippen LogP contribution >= 0.6 is 23.2 Å². The highest BCUT2D eigenvalue weighted by molar-refractivity contribution is 6.36. The second-order valence-corrected chi connectivity index (χ2v) is 4.45. The van der Waals surface area contributed by atoms with Crippen LogP contribution in [-0.2, 0) is 4.74 Å². The van der Waals surface area contributed by atoms with Crippen LogP contribution in [-0.4, -0.2) is 11.7 Å². The van der Waals surface area contributed by atoms with Gasteiger partial charge in [0.2, 0.25) is 0 Å². The van der Waals surface area contributed by atoms with E-state index in [1.807, 2.05) is 6.08 Å². The molecular weight excluding hydrogens is 247 g/mol. The van der Waals surface area contributed by atoms with Crippen molar-refractivity contribution in [1.29, 1.82) is 0 Å². The third-order valence-electron chi connectivity index (χ3n) is 2.51. The van der Waals surface area contributed by atoms with E-state index in [1.54, 1.807) is 18.2 Å². The van der Waals surface area contributed by atoms with Crippen molar-refractivity contribution in [3.63, 3.8) is 0 Å². The van der Waals surface area contributed by atoms with Gasteiger partial charge < -0.3 is 9.84 Å². The molecule has 0 aromatic heterocycles. The van der Waals surface area contributed by atoms with Gasteiger partial charge in [-0.3, -0.25) is 0 Å². The fraction of sp³-hybridized carbons (Fsp3) is 0.333. The monoisotopic (exact) mass is 258 g/mol. The van der Waals surface area contributed by atoms with Gasteiger partial charge in [0.1, 0.15) is 11.9 Å². The average molecular weight is 259 g/mol. The number of hydrogen-bond acceptors (Lipinski definition) is 2. The molecule has 2 nitrogen and oxygen atoms in total. The average Bonchev–Trinajstić information content (AvgIpc) is 2.30. The van der Waals surface area contributed by atoms with Gasteiger partial charge in [0, 0.05) is 15.6 Å². The molecule has 1 heterocycles. The molecule has 0 aliphatic carbocycles. The highest BCUT2D eigenvalue weighted by Gasteiger charge is 2.21. The summed E-state index contributed by atoms with van der Waals surface area (Å²) in [5, 5.41) is 11.1. The molecular formula is C12H12Cl2O2. The second kappa shape index (κ2) is 5.09. The Hall–Kier alpha value is -0.700. The highest BCUT2D eigenvalue weighted by atomic mass is 35.5. The van der Waals surface area contributed by atoms with E-state index in [0.29, 0.717) is 28.0 Å².